The van der Waals surface area contributed by atoms with E-state index in [1.165, 1.54) is 32.2 Å². The van der Waals surface area contributed by atoms with Crippen molar-refractivity contribution >= 4 is 0 Å². The second-order valence-corrected chi connectivity index (χ2v) is 4.84. The first kappa shape index (κ1) is 13.0. The van der Waals surface area contributed by atoms with Crippen LogP contribution in [0.25, 0.3) is 0 Å². The summed E-state index contributed by atoms with van der Waals surface area (Å²) in [6.45, 7) is 8.53. The smallest absolute Gasteiger partial charge is 0.0590 e. The lowest BCUT2D eigenvalue weighted by molar-refractivity contribution is 0.133. The third-order valence-corrected chi connectivity index (χ3v) is 3.47. The Balaban J connectivity index is 1.94. The lowest BCUT2D eigenvalue weighted by atomic mass is 9.80. The van der Waals surface area contributed by atoms with Gasteiger partial charge in [0.2, 0.25) is 0 Å². The van der Waals surface area contributed by atoms with Gasteiger partial charge in [0.25, 0.3) is 0 Å². The zero-order valence-corrected chi connectivity index (χ0v) is 10.4. The maximum atomic E-state index is 5.44. The van der Waals surface area contributed by atoms with E-state index < -0.39 is 0 Å². The van der Waals surface area contributed by atoms with E-state index >= 15 is 0 Å². The fourth-order valence-corrected chi connectivity index (χ4v) is 2.37. The Kier molecular flexibility index (Phi) is 7.03. The van der Waals surface area contributed by atoms with Crippen molar-refractivity contribution in [3.8, 4) is 0 Å². The van der Waals surface area contributed by atoms with Crippen molar-refractivity contribution in [2.45, 2.75) is 46.0 Å². The maximum Gasteiger partial charge on any atom is 0.0590 e. The van der Waals surface area contributed by atoms with E-state index in [2.05, 4.69) is 19.2 Å². The van der Waals surface area contributed by atoms with Crippen LogP contribution in [-0.4, -0.2) is 26.3 Å². The van der Waals surface area contributed by atoms with Crippen LogP contribution in [0.15, 0.2) is 0 Å². The highest BCUT2D eigenvalue weighted by molar-refractivity contribution is 4.73. The normalized spacial score (nSPS) is 26.8. The van der Waals surface area contributed by atoms with Crippen LogP contribution in [0.4, 0.5) is 0 Å². The molecule has 15 heavy (non-hydrogen) atoms. The van der Waals surface area contributed by atoms with E-state index in [-0.39, 0.29) is 0 Å². The van der Waals surface area contributed by atoms with Crippen LogP contribution in [0, 0.1) is 11.8 Å². The van der Waals surface area contributed by atoms with Gasteiger partial charge in [-0.1, -0.05) is 33.1 Å². The molecule has 2 heteroatoms. The summed E-state index contributed by atoms with van der Waals surface area (Å²) in [5.74, 6) is 1.83. The van der Waals surface area contributed by atoms with E-state index in [4.69, 9.17) is 4.74 Å². The summed E-state index contributed by atoms with van der Waals surface area (Å²) < 4.78 is 5.44. The molecular weight excluding hydrogens is 186 g/mol. The van der Waals surface area contributed by atoms with Gasteiger partial charge in [-0.15, -0.1) is 0 Å². The van der Waals surface area contributed by atoms with Gasteiger partial charge in [-0.2, -0.15) is 0 Å². The molecule has 0 amide bonds. The van der Waals surface area contributed by atoms with Gasteiger partial charge in [-0.25, -0.2) is 0 Å². The molecule has 0 radical (unpaired) electrons. The molecule has 0 aromatic heterocycles. The van der Waals surface area contributed by atoms with Crippen molar-refractivity contribution in [2.24, 2.45) is 11.8 Å². The molecule has 0 aromatic carbocycles. The van der Waals surface area contributed by atoms with Crippen molar-refractivity contribution in [1.82, 2.24) is 5.32 Å². The summed E-state index contributed by atoms with van der Waals surface area (Å²) in [5, 5.41) is 3.52. The average Bonchev–Trinajstić information content (AvgIpc) is 2.25. The molecule has 2 nitrogen and oxygen atoms in total. The zero-order chi connectivity index (χ0) is 10.9. The minimum Gasteiger partial charge on any atom is -0.380 e. The monoisotopic (exact) mass is 213 g/mol. The van der Waals surface area contributed by atoms with E-state index in [0.29, 0.717) is 0 Å². The fraction of sp³-hybridized carbons (Fsp3) is 1.00. The SMILES string of the molecule is CCCOCCNCC1CCCCC1C. The molecule has 90 valence electrons. The largest absolute Gasteiger partial charge is 0.380 e. The quantitative estimate of drug-likeness (QED) is 0.657. The average molecular weight is 213 g/mol. The second kappa shape index (κ2) is 8.12. The Labute approximate surface area is 94.8 Å². The molecule has 1 fully saturated rings. The molecule has 1 rings (SSSR count). The molecule has 1 aliphatic rings. The Morgan fingerprint density at radius 1 is 1.20 bits per heavy atom. The maximum absolute atomic E-state index is 5.44. The molecule has 0 saturated heterocycles. The highest BCUT2D eigenvalue weighted by atomic mass is 16.5. The molecule has 2 unspecified atom stereocenters. The first-order valence-electron chi connectivity index (χ1n) is 6.63. The van der Waals surface area contributed by atoms with Crippen molar-refractivity contribution in [2.75, 3.05) is 26.3 Å². The lowest BCUT2D eigenvalue weighted by Crippen LogP contribution is -2.31. The van der Waals surface area contributed by atoms with Crippen LogP contribution in [0.1, 0.15) is 46.0 Å². The first-order chi connectivity index (χ1) is 7.34. The Bertz CT molecular complexity index is 149. The predicted molar refractivity (Wildman–Crippen MR) is 65.1 cm³/mol. The van der Waals surface area contributed by atoms with Crippen molar-refractivity contribution in [3.63, 3.8) is 0 Å². The van der Waals surface area contributed by atoms with Gasteiger partial charge in [0.05, 0.1) is 6.61 Å². The van der Waals surface area contributed by atoms with Gasteiger partial charge in [0.1, 0.15) is 0 Å². The van der Waals surface area contributed by atoms with Crippen LogP contribution >= 0.6 is 0 Å². The Morgan fingerprint density at radius 2 is 2.00 bits per heavy atom. The zero-order valence-electron chi connectivity index (χ0n) is 10.4. The highest BCUT2D eigenvalue weighted by Crippen LogP contribution is 2.28. The molecule has 0 bridgehead atoms. The molecule has 0 heterocycles. The lowest BCUT2D eigenvalue weighted by Gasteiger charge is -2.28. The third-order valence-electron chi connectivity index (χ3n) is 3.47. The minimum atomic E-state index is 0.870. The van der Waals surface area contributed by atoms with Crippen LogP contribution in [0.5, 0.6) is 0 Å². The van der Waals surface area contributed by atoms with Gasteiger partial charge in [0, 0.05) is 13.2 Å². The molecule has 1 N–H and O–H groups in total. The van der Waals surface area contributed by atoms with Crippen LogP contribution < -0.4 is 5.32 Å². The van der Waals surface area contributed by atoms with Gasteiger partial charge in [-0.05, 0) is 31.2 Å². The molecule has 1 aliphatic carbocycles. The molecule has 0 aromatic rings. The van der Waals surface area contributed by atoms with Crippen molar-refractivity contribution in [1.29, 1.82) is 0 Å². The van der Waals surface area contributed by atoms with Gasteiger partial charge in [0.15, 0.2) is 0 Å². The molecule has 2 atom stereocenters. The third kappa shape index (κ3) is 5.53. The van der Waals surface area contributed by atoms with Crippen LogP contribution in [0.3, 0.4) is 0 Å². The van der Waals surface area contributed by atoms with E-state index in [0.717, 1.165) is 38.0 Å². The molecule has 1 saturated carbocycles. The number of ether oxygens (including phenoxy) is 1. The number of hydrogen-bond donors (Lipinski definition) is 1. The summed E-state index contributed by atoms with van der Waals surface area (Å²) in [6.07, 6.45) is 6.85. The summed E-state index contributed by atoms with van der Waals surface area (Å²) in [4.78, 5) is 0. The minimum absolute atomic E-state index is 0.870. The topological polar surface area (TPSA) is 21.3 Å². The predicted octanol–water partition coefficient (Wildman–Crippen LogP) is 2.83. The summed E-state index contributed by atoms with van der Waals surface area (Å²) in [6, 6.07) is 0. The number of rotatable bonds is 7. The molecular formula is C13H27NO. The van der Waals surface area contributed by atoms with Crippen molar-refractivity contribution in [3.05, 3.63) is 0 Å². The molecule has 0 aliphatic heterocycles. The van der Waals surface area contributed by atoms with E-state index in [1.54, 1.807) is 0 Å². The van der Waals surface area contributed by atoms with Gasteiger partial charge < -0.3 is 10.1 Å². The standard InChI is InChI=1S/C13H27NO/c1-3-9-15-10-8-14-11-13-7-5-4-6-12(13)2/h12-14H,3-11H2,1-2H3. The fourth-order valence-electron chi connectivity index (χ4n) is 2.37. The van der Waals surface area contributed by atoms with Crippen LogP contribution in [-0.2, 0) is 4.74 Å². The van der Waals surface area contributed by atoms with E-state index in [9.17, 15) is 0 Å². The number of hydrogen-bond acceptors (Lipinski definition) is 2. The summed E-state index contributed by atoms with van der Waals surface area (Å²) >= 11 is 0. The number of nitrogens with one attached hydrogen (secondary N) is 1. The highest BCUT2D eigenvalue weighted by Gasteiger charge is 2.20. The second-order valence-electron chi connectivity index (χ2n) is 4.84. The Hall–Kier alpha value is -0.0800. The molecule has 0 spiro atoms. The van der Waals surface area contributed by atoms with Crippen molar-refractivity contribution < 1.29 is 4.74 Å². The summed E-state index contributed by atoms with van der Waals surface area (Å²) in [5.41, 5.74) is 0. The first-order valence-corrected chi connectivity index (χ1v) is 6.63. The van der Waals surface area contributed by atoms with Gasteiger partial charge in [-0.3, -0.25) is 0 Å². The van der Waals surface area contributed by atoms with Gasteiger partial charge >= 0.3 is 0 Å². The van der Waals surface area contributed by atoms with Crippen LogP contribution in [0.2, 0.25) is 0 Å². The summed E-state index contributed by atoms with van der Waals surface area (Å²) in [7, 11) is 0. The van der Waals surface area contributed by atoms with E-state index in [1.807, 2.05) is 0 Å². The Morgan fingerprint density at radius 3 is 2.73 bits per heavy atom.